The average molecular weight is 262 g/mol. The van der Waals surface area contributed by atoms with Crippen LogP contribution in [0.15, 0.2) is 0 Å². The number of fused-ring (bicyclic) bond motifs is 2. The highest BCUT2D eigenvalue weighted by atomic mass is 14.6. The third-order valence-electron chi connectivity index (χ3n) is 7.80. The highest BCUT2D eigenvalue weighted by Crippen LogP contribution is 2.65. The molecule has 110 valence electrons. The number of rotatable bonds is 0. The first-order valence-electron chi connectivity index (χ1n) is 8.83. The van der Waals surface area contributed by atoms with Crippen LogP contribution in [-0.2, 0) is 0 Å². The Kier molecular flexibility index (Phi) is 3.31. The molecule has 0 heteroatoms. The van der Waals surface area contributed by atoms with Crippen LogP contribution in [-0.4, -0.2) is 0 Å². The molecule has 0 aromatic rings. The van der Waals surface area contributed by atoms with Crippen LogP contribution < -0.4 is 0 Å². The normalized spacial score (nSPS) is 58.3. The summed E-state index contributed by atoms with van der Waals surface area (Å²) in [4.78, 5) is 0. The molecule has 0 heterocycles. The highest BCUT2D eigenvalue weighted by molar-refractivity contribution is 5.05. The van der Waals surface area contributed by atoms with Crippen molar-refractivity contribution in [2.45, 2.75) is 79.6 Å². The minimum atomic E-state index is 0.636. The molecule has 7 unspecified atom stereocenters. The van der Waals surface area contributed by atoms with E-state index in [1.165, 1.54) is 44.9 Å². The second-order valence-electron chi connectivity index (χ2n) is 9.33. The van der Waals surface area contributed by atoms with Crippen LogP contribution in [0.5, 0.6) is 0 Å². The van der Waals surface area contributed by atoms with E-state index in [2.05, 4.69) is 34.6 Å². The summed E-state index contributed by atoms with van der Waals surface area (Å²) in [6.45, 7) is 12.8. The third-order valence-corrected chi connectivity index (χ3v) is 7.80. The van der Waals surface area contributed by atoms with Crippen molar-refractivity contribution in [2.24, 2.45) is 40.4 Å². The zero-order valence-corrected chi connectivity index (χ0v) is 13.8. The number of hydrogen-bond acceptors (Lipinski definition) is 0. The SMILES string of the molecule is CC1CCC2CC3(C)CC(C)C(C)CC3(C)CC2C1. The van der Waals surface area contributed by atoms with Crippen molar-refractivity contribution >= 4 is 0 Å². The van der Waals surface area contributed by atoms with E-state index in [1.807, 2.05) is 0 Å². The predicted molar refractivity (Wildman–Crippen MR) is 83.0 cm³/mol. The van der Waals surface area contributed by atoms with Crippen molar-refractivity contribution in [2.75, 3.05) is 0 Å². The van der Waals surface area contributed by atoms with Gasteiger partial charge in [0.15, 0.2) is 0 Å². The van der Waals surface area contributed by atoms with Gasteiger partial charge < -0.3 is 0 Å². The first-order chi connectivity index (χ1) is 8.83. The van der Waals surface area contributed by atoms with Gasteiger partial charge in [-0.15, -0.1) is 0 Å². The topological polar surface area (TPSA) is 0 Å². The van der Waals surface area contributed by atoms with Crippen molar-refractivity contribution < 1.29 is 0 Å². The van der Waals surface area contributed by atoms with Gasteiger partial charge in [0.25, 0.3) is 0 Å². The van der Waals surface area contributed by atoms with Crippen molar-refractivity contribution in [3.8, 4) is 0 Å². The van der Waals surface area contributed by atoms with E-state index < -0.39 is 0 Å². The zero-order chi connectivity index (χ0) is 13.8. The first kappa shape index (κ1) is 14.0. The maximum absolute atomic E-state index is 2.64. The summed E-state index contributed by atoms with van der Waals surface area (Å²) in [5, 5.41) is 0. The molecule has 0 spiro atoms. The van der Waals surface area contributed by atoms with Gasteiger partial charge >= 0.3 is 0 Å². The van der Waals surface area contributed by atoms with Crippen LogP contribution in [0.2, 0.25) is 0 Å². The molecule has 7 atom stereocenters. The molecule has 0 amide bonds. The molecule has 0 aromatic carbocycles. The van der Waals surface area contributed by atoms with Gasteiger partial charge in [0, 0.05) is 0 Å². The van der Waals surface area contributed by atoms with E-state index in [-0.39, 0.29) is 0 Å². The van der Waals surface area contributed by atoms with E-state index >= 15 is 0 Å². The van der Waals surface area contributed by atoms with Crippen LogP contribution in [0.25, 0.3) is 0 Å². The van der Waals surface area contributed by atoms with Crippen LogP contribution in [0.1, 0.15) is 79.6 Å². The summed E-state index contributed by atoms with van der Waals surface area (Å²) in [5.74, 6) is 5.00. The van der Waals surface area contributed by atoms with Crippen molar-refractivity contribution in [1.29, 1.82) is 0 Å². The maximum atomic E-state index is 2.64. The van der Waals surface area contributed by atoms with Gasteiger partial charge in [-0.1, -0.05) is 41.0 Å². The lowest BCUT2D eigenvalue weighted by molar-refractivity contribution is -0.118. The molecule has 0 aromatic heterocycles. The Morgan fingerprint density at radius 1 is 0.684 bits per heavy atom. The molecule has 0 aliphatic heterocycles. The summed E-state index contributed by atoms with van der Waals surface area (Å²) < 4.78 is 0. The highest BCUT2D eigenvalue weighted by Gasteiger charge is 2.55. The molecule has 19 heavy (non-hydrogen) atoms. The lowest BCUT2D eigenvalue weighted by Crippen LogP contribution is -2.52. The lowest BCUT2D eigenvalue weighted by Gasteiger charge is -2.62. The molecule has 3 saturated carbocycles. The van der Waals surface area contributed by atoms with Gasteiger partial charge in [-0.25, -0.2) is 0 Å². The second-order valence-corrected chi connectivity index (χ2v) is 9.33. The summed E-state index contributed by atoms with van der Waals surface area (Å²) in [7, 11) is 0. The Labute approximate surface area is 120 Å². The van der Waals surface area contributed by atoms with E-state index in [4.69, 9.17) is 0 Å². The lowest BCUT2D eigenvalue weighted by atomic mass is 9.43. The Morgan fingerprint density at radius 2 is 1.21 bits per heavy atom. The Balaban J connectivity index is 1.84. The smallest absolute Gasteiger partial charge is 0.0266 e. The summed E-state index contributed by atoms with van der Waals surface area (Å²) in [5.41, 5.74) is 1.28. The van der Waals surface area contributed by atoms with Gasteiger partial charge in [-0.2, -0.15) is 0 Å². The molecular weight excluding hydrogens is 228 g/mol. The van der Waals surface area contributed by atoms with Gasteiger partial charge in [0.05, 0.1) is 0 Å². The van der Waals surface area contributed by atoms with E-state index in [1.54, 1.807) is 0 Å². The Hall–Kier alpha value is 0. The molecule has 0 radical (unpaired) electrons. The minimum Gasteiger partial charge on any atom is -0.0625 e. The largest absolute Gasteiger partial charge is 0.0625 e. The average Bonchev–Trinajstić information content (AvgIpc) is 2.29. The second kappa shape index (κ2) is 4.50. The molecule has 0 N–H and O–H groups in total. The Bertz CT molecular complexity index is 346. The maximum Gasteiger partial charge on any atom is -0.0266 e. The van der Waals surface area contributed by atoms with E-state index in [9.17, 15) is 0 Å². The Morgan fingerprint density at radius 3 is 1.79 bits per heavy atom. The van der Waals surface area contributed by atoms with Gasteiger partial charge in [0.1, 0.15) is 0 Å². The van der Waals surface area contributed by atoms with Crippen molar-refractivity contribution in [3.05, 3.63) is 0 Å². The fourth-order valence-electron chi connectivity index (χ4n) is 6.21. The van der Waals surface area contributed by atoms with Crippen LogP contribution in [0.3, 0.4) is 0 Å². The summed E-state index contributed by atoms with van der Waals surface area (Å²) in [6, 6.07) is 0. The summed E-state index contributed by atoms with van der Waals surface area (Å²) >= 11 is 0. The summed E-state index contributed by atoms with van der Waals surface area (Å²) in [6.07, 6.45) is 10.6. The van der Waals surface area contributed by atoms with Gasteiger partial charge in [-0.3, -0.25) is 0 Å². The van der Waals surface area contributed by atoms with E-state index in [0.717, 1.165) is 29.6 Å². The van der Waals surface area contributed by atoms with Crippen LogP contribution >= 0.6 is 0 Å². The molecular formula is C19H34. The predicted octanol–water partition coefficient (Wildman–Crippen LogP) is 5.91. The van der Waals surface area contributed by atoms with Crippen molar-refractivity contribution in [1.82, 2.24) is 0 Å². The quantitative estimate of drug-likeness (QED) is 0.509. The van der Waals surface area contributed by atoms with Crippen LogP contribution in [0.4, 0.5) is 0 Å². The number of hydrogen-bond donors (Lipinski definition) is 0. The monoisotopic (exact) mass is 262 g/mol. The minimum absolute atomic E-state index is 0.636. The molecule has 3 fully saturated rings. The van der Waals surface area contributed by atoms with Crippen LogP contribution in [0, 0.1) is 40.4 Å². The van der Waals surface area contributed by atoms with E-state index in [0.29, 0.717) is 10.8 Å². The molecule has 3 aliphatic carbocycles. The molecule has 3 rings (SSSR count). The first-order valence-corrected chi connectivity index (χ1v) is 8.83. The zero-order valence-electron chi connectivity index (χ0n) is 13.8. The fraction of sp³-hybridized carbons (Fsp3) is 1.00. The molecule has 3 aliphatic rings. The molecule has 0 saturated heterocycles. The molecule has 0 nitrogen and oxygen atoms in total. The molecule has 0 bridgehead atoms. The standard InChI is InChI=1S/C19H34/c1-13-6-7-16-11-18(4)9-14(2)15(3)10-19(18,5)12-17(16)8-13/h13-17H,6-12H2,1-5H3. The van der Waals surface area contributed by atoms with Crippen molar-refractivity contribution in [3.63, 3.8) is 0 Å². The van der Waals surface area contributed by atoms with Gasteiger partial charge in [0.2, 0.25) is 0 Å². The fourth-order valence-corrected chi connectivity index (χ4v) is 6.21. The third kappa shape index (κ3) is 2.18. The van der Waals surface area contributed by atoms with Gasteiger partial charge in [-0.05, 0) is 78.9 Å².